The van der Waals surface area contributed by atoms with Crippen LogP contribution in [0.5, 0.6) is 0 Å². The highest BCUT2D eigenvalue weighted by atomic mass is 16.2. The van der Waals surface area contributed by atoms with E-state index in [4.69, 9.17) is 5.73 Å². The van der Waals surface area contributed by atoms with Crippen molar-refractivity contribution in [3.8, 4) is 0 Å². The topological polar surface area (TPSA) is 92.5 Å². The highest BCUT2D eigenvalue weighted by molar-refractivity contribution is 6.25. The largest absolute Gasteiger partial charge is 0.354 e. The van der Waals surface area contributed by atoms with Gasteiger partial charge in [-0.25, -0.2) is 0 Å². The second-order valence-electron chi connectivity index (χ2n) is 7.34. The minimum Gasteiger partial charge on any atom is -0.354 e. The van der Waals surface area contributed by atoms with E-state index in [1.54, 1.807) is 12.1 Å². The van der Waals surface area contributed by atoms with Gasteiger partial charge < -0.3 is 11.1 Å². The van der Waals surface area contributed by atoms with E-state index in [1.807, 2.05) is 38.1 Å². The number of benzene rings is 2. The molecule has 0 atom stereocenters. The fraction of sp³-hybridized carbons (Fsp3) is 0.350. The predicted octanol–water partition coefficient (Wildman–Crippen LogP) is 2.07. The number of nitrogens with zero attached hydrogens (tertiary/aromatic N) is 1. The van der Waals surface area contributed by atoms with E-state index in [9.17, 15) is 14.4 Å². The Morgan fingerprint density at radius 1 is 1.08 bits per heavy atom. The minimum atomic E-state index is -0.475. The summed E-state index contributed by atoms with van der Waals surface area (Å²) in [4.78, 5) is 38.6. The molecule has 0 radical (unpaired) electrons. The van der Waals surface area contributed by atoms with Crippen LogP contribution in [0.1, 0.15) is 47.4 Å². The first-order chi connectivity index (χ1) is 12.3. The van der Waals surface area contributed by atoms with E-state index in [2.05, 4.69) is 5.32 Å². The first kappa shape index (κ1) is 18.1. The van der Waals surface area contributed by atoms with Crippen LogP contribution < -0.4 is 11.1 Å². The van der Waals surface area contributed by atoms with E-state index < -0.39 is 5.54 Å². The summed E-state index contributed by atoms with van der Waals surface area (Å²) < 4.78 is 0. The van der Waals surface area contributed by atoms with Crippen molar-refractivity contribution in [2.24, 2.45) is 5.73 Å². The van der Waals surface area contributed by atoms with Crippen molar-refractivity contribution < 1.29 is 14.4 Å². The summed E-state index contributed by atoms with van der Waals surface area (Å²) in [6.07, 6.45) is 0.644. The number of nitrogens with one attached hydrogen (secondary N) is 1. The highest BCUT2D eigenvalue weighted by Crippen LogP contribution is 2.29. The molecule has 0 saturated carbocycles. The molecule has 3 N–H and O–H groups in total. The molecule has 2 aromatic rings. The maximum absolute atomic E-state index is 12.7. The van der Waals surface area contributed by atoms with Gasteiger partial charge in [0.05, 0.1) is 0 Å². The fourth-order valence-electron chi connectivity index (χ4n) is 3.10. The van der Waals surface area contributed by atoms with Gasteiger partial charge in [-0.15, -0.1) is 0 Å². The van der Waals surface area contributed by atoms with Crippen LogP contribution in [0.2, 0.25) is 0 Å². The van der Waals surface area contributed by atoms with Gasteiger partial charge in [-0.2, -0.15) is 0 Å². The number of carbonyl (C=O) groups excluding carboxylic acids is 3. The number of imide groups is 1. The van der Waals surface area contributed by atoms with Gasteiger partial charge in [0.25, 0.3) is 11.8 Å². The van der Waals surface area contributed by atoms with Crippen LogP contribution in [-0.2, 0) is 4.79 Å². The smallest absolute Gasteiger partial charge is 0.261 e. The molecule has 1 heterocycles. The maximum Gasteiger partial charge on any atom is 0.261 e. The number of nitrogens with two attached hydrogens (primary N) is 1. The lowest BCUT2D eigenvalue weighted by Gasteiger charge is -2.27. The molecule has 0 saturated heterocycles. The Hall–Kier alpha value is -2.73. The second-order valence-corrected chi connectivity index (χ2v) is 7.34. The Morgan fingerprint density at radius 3 is 2.19 bits per heavy atom. The van der Waals surface area contributed by atoms with Crippen LogP contribution in [-0.4, -0.2) is 41.2 Å². The van der Waals surface area contributed by atoms with Gasteiger partial charge in [0.2, 0.25) is 5.91 Å². The summed E-state index contributed by atoms with van der Waals surface area (Å²) in [5.74, 6) is -0.742. The molecule has 2 aromatic carbocycles. The van der Waals surface area contributed by atoms with Gasteiger partial charge >= 0.3 is 0 Å². The molecule has 0 aromatic heterocycles. The molecule has 0 bridgehead atoms. The molecule has 3 rings (SSSR count). The molecule has 1 aliphatic rings. The van der Waals surface area contributed by atoms with Crippen molar-refractivity contribution in [1.29, 1.82) is 0 Å². The predicted molar refractivity (Wildman–Crippen MR) is 99.8 cm³/mol. The summed E-state index contributed by atoms with van der Waals surface area (Å²) in [5, 5.41) is 4.35. The summed E-state index contributed by atoms with van der Waals surface area (Å²) >= 11 is 0. The molecule has 0 spiro atoms. The van der Waals surface area contributed by atoms with Crippen LogP contribution in [0.15, 0.2) is 36.4 Å². The molecule has 26 heavy (non-hydrogen) atoms. The summed E-state index contributed by atoms with van der Waals surface area (Å²) in [7, 11) is 0. The van der Waals surface area contributed by atoms with E-state index >= 15 is 0 Å². The summed E-state index contributed by atoms with van der Waals surface area (Å²) in [6, 6.07) is 10.9. The maximum atomic E-state index is 12.7. The van der Waals surface area contributed by atoms with E-state index in [1.165, 1.54) is 4.90 Å². The van der Waals surface area contributed by atoms with Gasteiger partial charge in [-0.1, -0.05) is 24.3 Å². The van der Waals surface area contributed by atoms with Crippen molar-refractivity contribution in [2.45, 2.75) is 32.2 Å². The Kier molecular flexibility index (Phi) is 4.78. The van der Waals surface area contributed by atoms with Crippen molar-refractivity contribution in [3.05, 3.63) is 47.5 Å². The highest BCUT2D eigenvalue weighted by Gasteiger charge is 2.32. The minimum absolute atomic E-state index is 0.136. The zero-order chi connectivity index (χ0) is 18.9. The normalized spacial score (nSPS) is 14.0. The van der Waals surface area contributed by atoms with Crippen LogP contribution in [0.3, 0.4) is 0 Å². The molecule has 1 aliphatic heterocycles. The van der Waals surface area contributed by atoms with Crippen LogP contribution in [0.25, 0.3) is 10.8 Å². The van der Waals surface area contributed by atoms with Crippen molar-refractivity contribution >= 4 is 28.5 Å². The summed E-state index contributed by atoms with van der Waals surface area (Å²) in [6.45, 7) is 4.25. The molecule has 6 nitrogen and oxygen atoms in total. The van der Waals surface area contributed by atoms with Gasteiger partial charge in [-0.05, 0) is 37.8 Å². The molecular formula is C20H23N3O3. The third kappa shape index (κ3) is 3.60. The quantitative estimate of drug-likeness (QED) is 0.778. The average molecular weight is 353 g/mol. The van der Waals surface area contributed by atoms with Crippen LogP contribution in [0, 0.1) is 0 Å². The fourth-order valence-corrected chi connectivity index (χ4v) is 3.10. The third-order valence-corrected chi connectivity index (χ3v) is 4.38. The molecule has 136 valence electrons. The number of carbonyl (C=O) groups is 3. The van der Waals surface area contributed by atoms with Crippen molar-refractivity contribution in [3.63, 3.8) is 0 Å². The monoisotopic (exact) mass is 353 g/mol. The van der Waals surface area contributed by atoms with E-state index in [-0.39, 0.29) is 30.7 Å². The average Bonchev–Trinajstić information content (AvgIpc) is 2.60. The van der Waals surface area contributed by atoms with Crippen molar-refractivity contribution in [2.75, 3.05) is 13.1 Å². The number of hydrogen-bond acceptors (Lipinski definition) is 4. The Morgan fingerprint density at radius 2 is 1.65 bits per heavy atom. The zero-order valence-electron chi connectivity index (χ0n) is 15.0. The number of rotatable bonds is 6. The zero-order valence-corrected chi connectivity index (χ0v) is 15.0. The van der Waals surface area contributed by atoms with Gasteiger partial charge in [0, 0.05) is 41.6 Å². The molecule has 0 unspecified atom stereocenters. The van der Waals surface area contributed by atoms with E-state index in [0.29, 0.717) is 29.5 Å². The lowest BCUT2D eigenvalue weighted by atomic mass is 9.94. The first-order valence-corrected chi connectivity index (χ1v) is 8.71. The molecule has 0 aliphatic carbocycles. The van der Waals surface area contributed by atoms with E-state index in [0.717, 1.165) is 5.39 Å². The Labute approximate surface area is 152 Å². The van der Waals surface area contributed by atoms with Crippen molar-refractivity contribution in [1.82, 2.24) is 10.2 Å². The van der Waals surface area contributed by atoms with Gasteiger partial charge in [0.1, 0.15) is 0 Å². The first-order valence-electron chi connectivity index (χ1n) is 8.71. The van der Waals surface area contributed by atoms with Crippen LogP contribution >= 0.6 is 0 Å². The van der Waals surface area contributed by atoms with Gasteiger partial charge in [-0.3, -0.25) is 19.3 Å². The third-order valence-electron chi connectivity index (χ3n) is 4.38. The Bertz CT molecular complexity index is 833. The lowest BCUT2D eigenvalue weighted by Crippen LogP contribution is -2.45. The molecule has 3 amide bonds. The number of amides is 3. The lowest BCUT2D eigenvalue weighted by molar-refractivity contribution is -0.121. The SMILES string of the molecule is CC(C)(N)CNC(=O)CCCN1C(=O)c2cccc3cccc(c23)C1=O. The standard InChI is InChI=1S/C20H23N3O3/c1-20(2,21)12-22-16(24)10-5-11-23-18(25)14-8-3-6-13-7-4-9-15(17(13)14)19(23)26/h3-4,6-9H,5,10-12,21H2,1-2H3,(H,22,24). The van der Waals surface area contributed by atoms with Gasteiger partial charge in [0.15, 0.2) is 0 Å². The second kappa shape index (κ2) is 6.88. The Balaban J connectivity index is 1.68. The summed E-state index contributed by atoms with van der Waals surface area (Å²) in [5.41, 5.74) is 6.43. The molecule has 6 heteroatoms. The number of hydrogen-bond donors (Lipinski definition) is 2. The molecule has 0 fully saturated rings. The molecular weight excluding hydrogens is 330 g/mol. The van der Waals surface area contributed by atoms with Crippen LogP contribution in [0.4, 0.5) is 0 Å².